The van der Waals surface area contributed by atoms with Gasteiger partial charge in [-0.2, -0.15) is 0 Å². The van der Waals surface area contributed by atoms with Crippen LogP contribution in [0.15, 0.2) is 48.5 Å². The largest absolute Gasteiger partial charge is 0.486 e. The minimum atomic E-state index is -0.0825. The zero-order valence-electron chi connectivity index (χ0n) is 14.6. The highest BCUT2D eigenvalue weighted by Crippen LogP contribution is 2.34. The second kappa shape index (κ2) is 7.92. The molecule has 3 rings (SSSR count). The molecule has 0 radical (unpaired) electrons. The van der Waals surface area contributed by atoms with E-state index in [0.29, 0.717) is 13.2 Å². The number of hydrogen-bond acceptors (Lipinski definition) is 4. The van der Waals surface area contributed by atoms with E-state index in [0.717, 1.165) is 22.7 Å². The van der Waals surface area contributed by atoms with Gasteiger partial charge in [-0.3, -0.25) is 4.79 Å². The molecule has 0 aromatic heterocycles. The van der Waals surface area contributed by atoms with Crippen molar-refractivity contribution in [3.8, 4) is 11.5 Å². The zero-order chi connectivity index (χ0) is 17.6. The standard InChI is InChI=1S/C20H24N2O3/c1-14(2)20(15-8-9-17-18(12-15)25-11-10-24-17)22-19(23)13-21-16-6-4-3-5-7-16/h3-9,12,14,20-21H,10-11,13H2,1-2H3,(H,22,23). The number of carbonyl (C=O) groups excluding carboxylic acids is 1. The Labute approximate surface area is 148 Å². The van der Waals surface area contributed by atoms with Crippen molar-refractivity contribution < 1.29 is 14.3 Å². The Morgan fingerprint density at radius 1 is 1.04 bits per heavy atom. The van der Waals surface area contributed by atoms with Crippen molar-refractivity contribution in [3.05, 3.63) is 54.1 Å². The van der Waals surface area contributed by atoms with Crippen LogP contribution in [0, 0.1) is 5.92 Å². The first kappa shape index (κ1) is 17.1. The van der Waals surface area contributed by atoms with Crippen LogP contribution < -0.4 is 20.1 Å². The predicted octanol–water partition coefficient (Wildman–Crippen LogP) is 3.38. The smallest absolute Gasteiger partial charge is 0.239 e. The van der Waals surface area contributed by atoms with Crippen LogP contribution in [0.3, 0.4) is 0 Å². The fraction of sp³-hybridized carbons (Fsp3) is 0.350. The van der Waals surface area contributed by atoms with Crippen LogP contribution in [-0.2, 0) is 4.79 Å². The molecule has 1 unspecified atom stereocenters. The summed E-state index contributed by atoms with van der Waals surface area (Å²) in [5.41, 5.74) is 1.95. The molecule has 1 atom stereocenters. The van der Waals surface area contributed by atoms with Crippen molar-refractivity contribution >= 4 is 11.6 Å². The summed E-state index contributed by atoms with van der Waals surface area (Å²) < 4.78 is 11.2. The van der Waals surface area contributed by atoms with Gasteiger partial charge in [-0.05, 0) is 35.7 Å². The van der Waals surface area contributed by atoms with E-state index in [9.17, 15) is 4.79 Å². The van der Waals surface area contributed by atoms with E-state index >= 15 is 0 Å². The summed E-state index contributed by atoms with van der Waals surface area (Å²) in [6.45, 7) is 5.54. The maximum Gasteiger partial charge on any atom is 0.239 e. The Hall–Kier alpha value is -2.69. The lowest BCUT2D eigenvalue weighted by atomic mass is 9.95. The molecule has 0 fully saturated rings. The number of para-hydroxylation sites is 1. The third kappa shape index (κ3) is 4.44. The minimum absolute atomic E-state index is 0.0440. The molecule has 5 heteroatoms. The maximum atomic E-state index is 12.4. The Bertz CT molecular complexity index is 716. The number of amides is 1. The molecule has 1 heterocycles. The number of carbonyl (C=O) groups is 1. The fourth-order valence-electron chi connectivity index (χ4n) is 2.85. The van der Waals surface area contributed by atoms with Gasteiger partial charge in [0.15, 0.2) is 11.5 Å². The Kier molecular flexibility index (Phi) is 5.43. The van der Waals surface area contributed by atoms with Crippen molar-refractivity contribution in [2.45, 2.75) is 19.9 Å². The zero-order valence-corrected chi connectivity index (χ0v) is 14.6. The first-order valence-corrected chi connectivity index (χ1v) is 8.61. The van der Waals surface area contributed by atoms with Gasteiger partial charge in [0.1, 0.15) is 13.2 Å². The quantitative estimate of drug-likeness (QED) is 0.846. The molecule has 0 bridgehead atoms. The van der Waals surface area contributed by atoms with E-state index in [-0.39, 0.29) is 24.4 Å². The van der Waals surface area contributed by atoms with E-state index in [1.165, 1.54) is 0 Å². The number of benzene rings is 2. The Morgan fingerprint density at radius 3 is 2.48 bits per heavy atom. The molecule has 0 spiro atoms. The molecular formula is C20H24N2O3. The van der Waals surface area contributed by atoms with Crippen LogP contribution in [0.1, 0.15) is 25.5 Å². The second-order valence-corrected chi connectivity index (χ2v) is 6.41. The third-order valence-corrected chi connectivity index (χ3v) is 4.14. The van der Waals surface area contributed by atoms with Crippen molar-refractivity contribution in [2.75, 3.05) is 25.1 Å². The van der Waals surface area contributed by atoms with Gasteiger partial charge in [0, 0.05) is 5.69 Å². The van der Waals surface area contributed by atoms with Gasteiger partial charge in [0.25, 0.3) is 0 Å². The topological polar surface area (TPSA) is 59.6 Å². The Balaban J connectivity index is 1.65. The van der Waals surface area contributed by atoms with Gasteiger partial charge >= 0.3 is 0 Å². The van der Waals surface area contributed by atoms with Gasteiger partial charge < -0.3 is 20.1 Å². The molecule has 2 N–H and O–H groups in total. The summed E-state index contributed by atoms with van der Waals surface area (Å²) in [6.07, 6.45) is 0. The minimum Gasteiger partial charge on any atom is -0.486 e. The molecule has 2 aromatic carbocycles. The molecule has 1 aliphatic heterocycles. The highest BCUT2D eigenvalue weighted by Gasteiger charge is 2.21. The van der Waals surface area contributed by atoms with Gasteiger partial charge in [0.05, 0.1) is 12.6 Å². The highest BCUT2D eigenvalue weighted by molar-refractivity contribution is 5.81. The lowest BCUT2D eigenvalue weighted by Gasteiger charge is -2.25. The lowest BCUT2D eigenvalue weighted by molar-refractivity contribution is -0.120. The van der Waals surface area contributed by atoms with E-state index in [1.54, 1.807) is 0 Å². The molecule has 1 amide bonds. The van der Waals surface area contributed by atoms with Gasteiger partial charge in [-0.25, -0.2) is 0 Å². The first-order chi connectivity index (χ1) is 12.1. The number of hydrogen-bond donors (Lipinski definition) is 2. The molecular weight excluding hydrogens is 316 g/mol. The fourth-order valence-corrected chi connectivity index (χ4v) is 2.85. The van der Waals surface area contributed by atoms with E-state index in [4.69, 9.17) is 9.47 Å². The van der Waals surface area contributed by atoms with E-state index < -0.39 is 0 Å². The highest BCUT2D eigenvalue weighted by atomic mass is 16.6. The average molecular weight is 340 g/mol. The number of ether oxygens (including phenoxy) is 2. The van der Waals surface area contributed by atoms with Crippen molar-refractivity contribution in [1.82, 2.24) is 5.32 Å². The molecule has 132 valence electrons. The molecule has 5 nitrogen and oxygen atoms in total. The molecule has 0 aliphatic carbocycles. The van der Waals surface area contributed by atoms with Crippen molar-refractivity contribution in [3.63, 3.8) is 0 Å². The van der Waals surface area contributed by atoms with Crippen LogP contribution >= 0.6 is 0 Å². The molecule has 25 heavy (non-hydrogen) atoms. The maximum absolute atomic E-state index is 12.4. The normalized spacial score (nSPS) is 14.0. The van der Waals surface area contributed by atoms with Crippen LogP contribution in [-0.4, -0.2) is 25.7 Å². The summed E-state index contributed by atoms with van der Waals surface area (Å²) in [5.74, 6) is 1.71. The monoisotopic (exact) mass is 340 g/mol. The van der Waals surface area contributed by atoms with Gasteiger partial charge in [-0.15, -0.1) is 0 Å². The summed E-state index contributed by atoms with van der Waals surface area (Å²) in [5, 5.41) is 6.25. The number of anilines is 1. The molecule has 1 aliphatic rings. The number of fused-ring (bicyclic) bond motifs is 1. The van der Waals surface area contributed by atoms with Crippen LogP contribution in [0.5, 0.6) is 11.5 Å². The average Bonchev–Trinajstić information content (AvgIpc) is 2.64. The van der Waals surface area contributed by atoms with Crippen LogP contribution in [0.25, 0.3) is 0 Å². The molecule has 0 saturated heterocycles. The van der Waals surface area contributed by atoms with Gasteiger partial charge in [0.2, 0.25) is 5.91 Å². The van der Waals surface area contributed by atoms with Gasteiger partial charge in [-0.1, -0.05) is 38.1 Å². The third-order valence-electron chi connectivity index (χ3n) is 4.14. The van der Waals surface area contributed by atoms with Crippen LogP contribution in [0.2, 0.25) is 0 Å². The van der Waals surface area contributed by atoms with Crippen molar-refractivity contribution in [2.24, 2.45) is 5.92 Å². The Morgan fingerprint density at radius 2 is 1.76 bits per heavy atom. The van der Waals surface area contributed by atoms with E-state index in [2.05, 4.69) is 24.5 Å². The van der Waals surface area contributed by atoms with Crippen LogP contribution in [0.4, 0.5) is 5.69 Å². The summed E-state index contributed by atoms with van der Waals surface area (Å²) in [6, 6.07) is 15.5. The molecule has 2 aromatic rings. The molecule has 0 saturated carbocycles. The summed E-state index contributed by atoms with van der Waals surface area (Å²) in [7, 11) is 0. The summed E-state index contributed by atoms with van der Waals surface area (Å²) in [4.78, 5) is 12.4. The predicted molar refractivity (Wildman–Crippen MR) is 98.1 cm³/mol. The first-order valence-electron chi connectivity index (χ1n) is 8.61. The SMILES string of the molecule is CC(C)C(NC(=O)CNc1ccccc1)c1ccc2c(c1)OCCO2. The van der Waals surface area contributed by atoms with E-state index in [1.807, 2.05) is 48.5 Å². The second-order valence-electron chi connectivity index (χ2n) is 6.41. The number of rotatable bonds is 6. The summed E-state index contributed by atoms with van der Waals surface area (Å²) >= 11 is 0. The van der Waals surface area contributed by atoms with Crippen molar-refractivity contribution in [1.29, 1.82) is 0 Å². The number of nitrogens with one attached hydrogen (secondary N) is 2. The lowest BCUT2D eigenvalue weighted by Crippen LogP contribution is -2.35.